The maximum Gasteiger partial charge on any atom is 0.259 e. The molecular formula is C12H10Cl2N2O2S. The standard InChI is InChI=1S/C12H10Cl2N2O2S/c1-18-8-4-2-7(3-5-8)9-6-19-12(15-9)16-11(17)10(13)14/h2-6,10H,1H3,(H,15,16,17). The molecule has 0 aliphatic rings. The van der Waals surface area contributed by atoms with Crippen molar-refractivity contribution in [2.75, 3.05) is 12.4 Å². The predicted molar refractivity (Wildman–Crippen MR) is 78.2 cm³/mol. The minimum Gasteiger partial charge on any atom is -0.497 e. The van der Waals surface area contributed by atoms with Crippen molar-refractivity contribution in [2.24, 2.45) is 0 Å². The summed E-state index contributed by atoms with van der Waals surface area (Å²) >= 11 is 12.2. The fraction of sp³-hybridized carbons (Fsp3) is 0.167. The average molecular weight is 317 g/mol. The number of carbonyl (C=O) groups is 1. The van der Waals surface area contributed by atoms with Gasteiger partial charge in [-0.15, -0.1) is 11.3 Å². The second-order valence-corrected chi connectivity index (χ2v) is 5.51. The zero-order valence-electron chi connectivity index (χ0n) is 9.89. The Bertz CT molecular complexity index is 569. The van der Waals surface area contributed by atoms with E-state index in [9.17, 15) is 4.79 Å². The van der Waals surface area contributed by atoms with Crippen molar-refractivity contribution >= 4 is 45.6 Å². The molecule has 0 spiro atoms. The van der Waals surface area contributed by atoms with Crippen LogP contribution in [-0.4, -0.2) is 22.8 Å². The van der Waals surface area contributed by atoms with E-state index < -0.39 is 10.7 Å². The molecule has 7 heteroatoms. The number of thiazole rings is 1. The smallest absolute Gasteiger partial charge is 0.259 e. The Kier molecular flexibility index (Phi) is 4.63. The van der Waals surface area contributed by atoms with E-state index in [1.54, 1.807) is 7.11 Å². The quantitative estimate of drug-likeness (QED) is 0.877. The highest BCUT2D eigenvalue weighted by atomic mass is 35.5. The summed E-state index contributed by atoms with van der Waals surface area (Å²) < 4.78 is 5.09. The van der Waals surface area contributed by atoms with Crippen LogP contribution in [-0.2, 0) is 4.79 Å². The van der Waals surface area contributed by atoms with Crippen LogP contribution in [0.25, 0.3) is 11.3 Å². The molecule has 0 aliphatic carbocycles. The number of nitrogens with zero attached hydrogens (tertiary/aromatic N) is 1. The molecule has 4 nitrogen and oxygen atoms in total. The number of alkyl halides is 2. The summed E-state index contributed by atoms with van der Waals surface area (Å²) in [5.74, 6) is 0.290. The molecule has 0 saturated heterocycles. The summed E-state index contributed by atoms with van der Waals surface area (Å²) in [5.41, 5.74) is 1.70. The summed E-state index contributed by atoms with van der Waals surface area (Å²) in [6.45, 7) is 0. The molecule has 0 aliphatic heterocycles. The Balaban J connectivity index is 2.13. The number of anilines is 1. The van der Waals surface area contributed by atoms with Crippen LogP contribution in [0.5, 0.6) is 5.75 Å². The first-order chi connectivity index (χ1) is 9.10. The summed E-state index contributed by atoms with van der Waals surface area (Å²) in [6, 6.07) is 7.48. The average Bonchev–Trinajstić information content (AvgIpc) is 2.87. The Morgan fingerprint density at radius 1 is 1.37 bits per heavy atom. The van der Waals surface area contributed by atoms with Crippen LogP contribution in [0.15, 0.2) is 29.6 Å². The zero-order chi connectivity index (χ0) is 13.8. The lowest BCUT2D eigenvalue weighted by atomic mass is 10.2. The lowest BCUT2D eigenvalue weighted by molar-refractivity contribution is -0.114. The third-order valence-corrected chi connectivity index (χ3v) is 3.47. The van der Waals surface area contributed by atoms with Gasteiger partial charge in [-0.05, 0) is 24.3 Å². The summed E-state index contributed by atoms with van der Waals surface area (Å²) in [6.07, 6.45) is 0. The van der Waals surface area contributed by atoms with E-state index >= 15 is 0 Å². The lowest BCUT2D eigenvalue weighted by Crippen LogP contribution is -2.18. The molecule has 1 heterocycles. The number of halogens is 2. The van der Waals surface area contributed by atoms with Gasteiger partial charge in [0.05, 0.1) is 12.8 Å². The van der Waals surface area contributed by atoms with E-state index in [-0.39, 0.29) is 0 Å². The maximum absolute atomic E-state index is 11.3. The van der Waals surface area contributed by atoms with Gasteiger partial charge in [-0.25, -0.2) is 4.98 Å². The molecule has 1 aromatic heterocycles. The second kappa shape index (κ2) is 6.23. The molecule has 2 rings (SSSR count). The third kappa shape index (κ3) is 3.59. The van der Waals surface area contributed by atoms with Gasteiger partial charge in [-0.2, -0.15) is 0 Å². The van der Waals surface area contributed by atoms with Gasteiger partial charge in [0.25, 0.3) is 5.91 Å². The number of nitrogens with one attached hydrogen (secondary N) is 1. The van der Waals surface area contributed by atoms with Gasteiger partial charge in [0.2, 0.25) is 0 Å². The van der Waals surface area contributed by atoms with Gasteiger partial charge in [0, 0.05) is 10.9 Å². The minimum absolute atomic E-state index is 0.460. The Hall–Kier alpha value is -1.30. The van der Waals surface area contributed by atoms with Crippen LogP contribution in [0.4, 0.5) is 5.13 Å². The molecule has 1 amide bonds. The first-order valence-corrected chi connectivity index (χ1v) is 7.04. The van der Waals surface area contributed by atoms with E-state index in [1.807, 2.05) is 29.6 Å². The fourth-order valence-corrected chi connectivity index (χ4v) is 2.22. The van der Waals surface area contributed by atoms with Crippen molar-refractivity contribution < 1.29 is 9.53 Å². The van der Waals surface area contributed by atoms with Crippen molar-refractivity contribution in [3.05, 3.63) is 29.6 Å². The second-order valence-electron chi connectivity index (χ2n) is 3.56. The first-order valence-electron chi connectivity index (χ1n) is 5.29. The maximum atomic E-state index is 11.3. The van der Waals surface area contributed by atoms with E-state index in [1.165, 1.54) is 11.3 Å². The highest BCUT2D eigenvalue weighted by Gasteiger charge is 2.13. The van der Waals surface area contributed by atoms with Gasteiger partial charge in [0.15, 0.2) is 9.97 Å². The van der Waals surface area contributed by atoms with Gasteiger partial charge in [0.1, 0.15) is 5.75 Å². The topological polar surface area (TPSA) is 51.2 Å². The van der Waals surface area contributed by atoms with E-state index in [0.717, 1.165) is 17.0 Å². The number of amides is 1. The van der Waals surface area contributed by atoms with Crippen molar-refractivity contribution in [3.63, 3.8) is 0 Å². The van der Waals surface area contributed by atoms with E-state index in [2.05, 4.69) is 10.3 Å². The summed E-state index contributed by atoms with van der Waals surface area (Å²) in [5, 5.41) is 4.84. The molecule has 0 fully saturated rings. The number of benzene rings is 1. The highest BCUT2D eigenvalue weighted by molar-refractivity contribution is 7.14. The van der Waals surface area contributed by atoms with E-state index in [4.69, 9.17) is 27.9 Å². The van der Waals surface area contributed by atoms with Crippen molar-refractivity contribution in [1.82, 2.24) is 4.98 Å². The van der Waals surface area contributed by atoms with Gasteiger partial charge in [-0.3, -0.25) is 10.1 Å². The lowest BCUT2D eigenvalue weighted by Gasteiger charge is -2.01. The monoisotopic (exact) mass is 316 g/mol. The number of aromatic nitrogens is 1. The molecule has 19 heavy (non-hydrogen) atoms. The first kappa shape index (κ1) is 14.1. The molecule has 0 unspecified atom stereocenters. The van der Waals surface area contributed by atoms with Crippen LogP contribution >= 0.6 is 34.5 Å². The molecule has 1 N–H and O–H groups in total. The zero-order valence-corrected chi connectivity index (χ0v) is 12.2. The number of hydrogen-bond acceptors (Lipinski definition) is 4. The van der Waals surface area contributed by atoms with Crippen LogP contribution in [0, 0.1) is 0 Å². The summed E-state index contributed by atoms with van der Waals surface area (Å²) in [7, 11) is 1.61. The molecule has 0 saturated carbocycles. The van der Waals surface area contributed by atoms with Gasteiger partial charge in [-0.1, -0.05) is 23.2 Å². The molecule has 0 atom stereocenters. The molecule has 0 radical (unpaired) electrons. The third-order valence-electron chi connectivity index (χ3n) is 2.32. The fourth-order valence-electron chi connectivity index (χ4n) is 1.39. The number of methoxy groups -OCH3 is 1. The van der Waals surface area contributed by atoms with Crippen LogP contribution in [0.3, 0.4) is 0 Å². The van der Waals surface area contributed by atoms with Crippen molar-refractivity contribution in [1.29, 1.82) is 0 Å². The molecule has 0 bridgehead atoms. The van der Waals surface area contributed by atoms with Gasteiger partial charge < -0.3 is 4.74 Å². The summed E-state index contributed by atoms with van der Waals surface area (Å²) in [4.78, 5) is 14.5. The van der Waals surface area contributed by atoms with Crippen molar-refractivity contribution in [2.45, 2.75) is 4.84 Å². The van der Waals surface area contributed by atoms with Gasteiger partial charge >= 0.3 is 0 Å². The SMILES string of the molecule is COc1ccc(-c2csc(NC(=O)C(Cl)Cl)n2)cc1. The van der Waals surface area contributed by atoms with Crippen LogP contribution in [0.1, 0.15) is 0 Å². The Morgan fingerprint density at radius 3 is 2.63 bits per heavy atom. The predicted octanol–water partition coefficient (Wildman–Crippen LogP) is 3.56. The van der Waals surface area contributed by atoms with Crippen LogP contribution < -0.4 is 10.1 Å². The molecule has 100 valence electrons. The van der Waals surface area contributed by atoms with E-state index in [0.29, 0.717) is 5.13 Å². The number of ether oxygens (including phenoxy) is 1. The Labute approximate surface area is 124 Å². The highest BCUT2D eigenvalue weighted by Crippen LogP contribution is 2.26. The van der Waals surface area contributed by atoms with Crippen LogP contribution in [0.2, 0.25) is 0 Å². The number of carbonyl (C=O) groups excluding carboxylic acids is 1. The normalized spacial score (nSPS) is 10.5. The minimum atomic E-state index is -1.10. The molecular weight excluding hydrogens is 307 g/mol. The molecule has 2 aromatic rings. The Morgan fingerprint density at radius 2 is 2.05 bits per heavy atom. The molecule has 1 aromatic carbocycles. The number of rotatable bonds is 4. The van der Waals surface area contributed by atoms with Crippen molar-refractivity contribution in [3.8, 4) is 17.0 Å². The largest absolute Gasteiger partial charge is 0.497 e. The number of hydrogen-bond donors (Lipinski definition) is 1.